The van der Waals surface area contributed by atoms with Crippen molar-refractivity contribution in [1.82, 2.24) is 5.32 Å². The van der Waals surface area contributed by atoms with Gasteiger partial charge in [0.1, 0.15) is 0 Å². The third-order valence-electron chi connectivity index (χ3n) is 4.33. The lowest BCUT2D eigenvalue weighted by Crippen LogP contribution is -2.33. The number of hydrogen-bond acceptors (Lipinski definition) is 2. The van der Waals surface area contributed by atoms with Crippen molar-refractivity contribution in [2.24, 2.45) is 11.3 Å². The van der Waals surface area contributed by atoms with E-state index in [2.05, 4.69) is 19.3 Å². The Balaban J connectivity index is 1.94. The normalized spacial score (nSPS) is 44.1. The molecule has 2 fully saturated rings. The SMILES string of the molecule is CNC1CCC(C)(C2CCCOC2)C1. The van der Waals surface area contributed by atoms with Gasteiger partial charge in [-0.3, -0.25) is 0 Å². The molecule has 0 radical (unpaired) electrons. The van der Waals surface area contributed by atoms with Crippen LogP contribution >= 0.6 is 0 Å². The lowest BCUT2D eigenvalue weighted by molar-refractivity contribution is -0.00119. The second-order valence-corrected chi connectivity index (χ2v) is 5.30. The van der Waals surface area contributed by atoms with E-state index in [-0.39, 0.29) is 0 Å². The first-order valence-electron chi connectivity index (χ1n) is 5.99. The molecular weight excluding hydrogens is 174 g/mol. The summed E-state index contributed by atoms with van der Waals surface area (Å²) in [6, 6.07) is 0.752. The molecule has 1 aliphatic carbocycles. The van der Waals surface area contributed by atoms with Crippen LogP contribution in [0, 0.1) is 11.3 Å². The average Bonchev–Trinajstić information content (AvgIpc) is 2.63. The van der Waals surface area contributed by atoms with Gasteiger partial charge in [-0.15, -0.1) is 0 Å². The fourth-order valence-electron chi connectivity index (χ4n) is 3.18. The summed E-state index contributed by atoms with van der Waals surface area (Å²) in [7, 11) is 2.09. The van der Waals surface area contributed by atoms with Crippen LogP contribution in [-0.2, 0) is 4.74 Å². The van der Waals surface area contributed by atoms with E-state index in [9.17, 15) is 0 Å². The Morgan fingerprint density at radius 2 is 2.21 bits per heavy atom. The highest BCUT2D eigenvalue weighted by Gasteiger charge is 2.41. The summed E-state index contributed by atoms with van der Waals surface area (Å²) in [6.07, 6.45) is 6.73. The topological polar surface area (TPSA) is 21.3 Å². The van der Waals surface area contributed by atoms with Crippen LogP contribution in [0.5, 0.6) is 0 Å². The number of ether oxygens (including phenoxy) is 1. The Morgan fingerprint density at radius 1 is 1.36 bits per heavy atom. The molecule has 2 heteroatoms. The van der Waals surface area contributed by atoms with Crippen LogP contribution in [0.4, 0.5) is 0 Å². The van der Waals surface area contributed by atoms with Crippen LogP contribution in [0.15, 0.2) is 0 Å². The number of rotatable bonds is 2. The second-order valence-electron chi connectivity index (χ2n) is 5.30. The lowest BCUT2D eigenvalue weighted by atomic mass is 9.73. The molecule has 1 heterocycles. The molecule has 3 atom stereocenters. The summed E-state index contributed by atoms with van der Waals surface area (Å²) in [5.74, 6) is 0.814. The van der Waals surface area contributed by atoms with E-state index >= 15 is 0 Å². The van der Waals surface area contributed by atoms with Gasteiger partial charge in [-0.05, 0) is 50.5 Å². The van der Waals surface area contributed by atoms with Crippen LogP contribution in [-0.4, -0.2) is 26.3 Å². The predicted molar refractivity (Wildman–Crippen MR) is 58.3 cm³/mol. The van der Waals surface area contributed by atoms with Crippen molar-refractivity contribution in [1.29, 1.82) is 0 Å². The van der Waals surface area contributed by atoms with Gasteiger partial charge < -0.3 is 10.1 Å². The van der Waals surface area contributed by atoms with E-state index in [1.807, 2.05) is 0 Å². The van der Waals surface area contributed by atoms with Crippen molar-refractivity contribution < 1.29 is 4.74 Å². The molecular formula is C12H23NO. The molecule has 2 nitrogen and oxygen atoms in total. The quantitative estimate of drug-likeness (QED) is 0.732. The van der Waals surface area contributed by atoms with Gasteiger partial charge in [0.25, 0.3) is 0 Å². The Bertz CT molecular complexity index is 189. The van der Waals surface area contributed by atoms with Crippen molar-refractivity contribution in [3.63, 3.8) is 0 Å². The molecule has 2 rings (SSSR count). The summed E-state index contributed by atoms with van der Waals surface area (Å²) in [4.78, 5) is 0. The Hall–Kier alpha value is -0.0800. The summed E-state index contributed by atoms with van der Waals surface area (Å²) in [6.45, 7) is 4.46. The molecule has 0 aromatic rings. The largest absolute Gasteiger partial charge is 0.381 e. The van der Waals surface area contributed by atoms with Gasteiger partial charge in [0.05, 0.1) is 0 Å². The van der Waals surface area contributed by atoms with E-state index in [0.29, 0.717) is 5.41 Å². The lowest BCUT2D eigenvalue weighted by Gasteiger charge is -2.37. The van der Waals surface area contributed by atoms with E-state index in [0.717, 1.165) is 25.2 Å². The van der Waals surface area contributed by atoms with Gasteiger partial charge in [-0.25, -0.2) is 0 Å². The van der Waals surface area contributed by atoms with Crippen LogP contribution < -0.4 is 5.32 Å². The minimum absolute atomic E-state index is 0.550. The zero-order valence-electron chi connectivity index (χ0n) is 9.51. The zero-order valence-corrected chi connectivity index (χ0v) is 9.51. The molecule has 1 saturated heterocycles. The van der Waals surface area contributed by atoms with Crippen molar-refractivity contribution in [3.05, 3.63) is 0 Å². The molecule has 14 heavy (non-hydrogen) atoms. The summed E-state index contributed by atoms with van der Waals surface area (Å²) in [5.41, 5.74) is 0.550. The average molecular weight is 197 g/mol. The minimum atomic E-state index is 0.550. The van der Waals surface area contributed by atoms with Gasteiger partial charge in [-0.1, -0.05) is 6.92 Å². The smallest absolute Gasteiger partial charge is 0.0499 e. The molecule has 1 aliphatic heterocycles. The highest BCUT2D eigenvalue weighted by atomic mass is 16.5. The van der Waals surface area contributed by atoms with Crippen molar-refractivity contribution in [2.45, 2.75) is 45.1 Å². The molecule has 82 valence electrons. The molecule has 2 aliphatic rings. The molecule has 0 amide bonds. The molecule has 1 N–H and O–H groups in total. The monoisotopic (exact) mass is 197 g/mol. The van der Waals surface area contributed by atoms with Crippen molar-refractivity contribution in [3.8, 4) is 0 Å². The standard InChI is InChI=1S/C12H23NO/c1-12(6-5-11(8-12)13-2)10-4-3-7-14-9-10/h10-11,13H,3-9H2,1-2H3. The highest BCUT2D eigenvalue weighted by Crippen LogP contribution is 2.46. The maximum atomic E-state index is 5.61. The van der Waals surface area contributed by atoms with E-state index in [1.54, 1.807) is 0 Å². The summed E-state index contributed by atoms with van der Waals surface area (Å²) >= 11 is 0. The van der Waals surface area contributed by atoms with Gasteiger partial charge in [0.15, 0.2) is 0 Å². The van der Waals surface area contributed by atoms with Gasteiger partial charge in [0, 0.05) is 19.3 Å². The van der Waals surface area contributed by atoms with E-state index in [4.69, 9.17) is 4.74 Å². The maximum Gasteiger partial charge on any atom is 0.0499 e. The maximum absolute atomic E-state index is 5.61. The van der Waals surface area contributed by atoms with E-state index < -0.39 is 0 Å². The molecule has 0 aromatic carbocycles. The Kier molecular flexibility index (Phi) is 3.13. The number of hydrogen-bond donors (Lipinski definition) is 1. The van der Waals surface area contributed by atoms with E-state index in [1.165, 1.54) is 32.1 Å². The van der Waals surface area contributed by atoms with Crippen molar-refractivity contribution in [2.75, 3.05) is 20.3 Å². The molecule has 1 saturated carbocycles. The number of nitrogens with one attached hydrogen (secondary N) is 1. The third-order valence-corrected chi connectivity index (χ3v) is 4.33. The summed E-state index contributed by atoms with van der Waals surface area (Å²) in [5, 5.41) is 3.42. The molecule has 0 bridgehead atoms. The molecule has 3 unspecified atom stereocenters. The second kappa shape index (κ2) is 4.19. The first kappa shape index (κ1) is 10.4. The molecule has 0 spiro atoms. The first-order chi connectivity index (χ1) is 6.74. The zero-order chi connectivity index (χ0) is 10.0. The van der Waals surface area contributed by atoms with Crippen LogP contribution in [0.1, 0.15) is 39.0 Å². The predicted octanol–water partition coefficient (Wildman–Crippen LogP) is 2.19. The van der Waals surface area contributed by atoms with Gasteiger partial charge in [-0.2, -0.15) is 0 Å². The fraction of sp³-hybridized carbons (Fsp3) is 1.00. The van der Waals surface area contributed by atoms with Crippen LogP contribution in [0.25, 0.3) is 0 Å². The molecule has 0 aromatic heterocycles. The highest BCUT2D eigenvalue weighted by molar-refractivity contribution is 4.93. The van der Waals surface area contributed by atoms with Gasteiger partial charge >= 0.3 is 0 Å². The van der Waals surface area contributed by atoms with Crippen LogP contribution in [0.2, 0.25) is 0 Å². The Morgan fingerprint density at radius 3 is 2.79 bits per heavy atom. The van der Waals surface area contributed by atoms with Crippen LogP contribution in [0.3, 0.4) is 0 Å². The van der Waals surface area contributed by atoms with Gasteiger partial charge in [0.2, 0.25) is 0 Å². The first-order valence-corrected chi connectivity index (χ1v) is 5.99. The third kappa shape index (κ3) is 1.96. The Labute approximate surface area is 87.4 Å². The fourth-order valence-corrected chi connectivity index (χ4v) is 3.18. The summed E-state index contributed by atoms with van der Waals surface area (Å²) < 4.78 is 5.61. The minimum Gasteiger partial charge on any atom is -0.381 e. The van der Waals surface area contributed by atoms with Crippen molar-refractivity contribution >= 4 is 0 Å².